The van der Waals surface area contributed by atoms with Gasteiger partial charge in [0.05, 0.1) is 13.0 Å². The molecule has 2 N–H and O–H groups in total. The summed E-state index contributed by atoms with van der Waals surface area (Å²) in [6.45, 7) is 4.84. The fourth-order valence-electron chi connectivity index (χ4n) is 2.93. The lowest BCUT2D eigenvalue weighted by Crippen LogP contribution is -2.37. The Morgan fingerprint density at radius 1 is 1.19 bits per heavy atom. The number of nitrogens with one attached hydrogen (secondary N) is 2. The zero-order valence-corrected chi connectivity index (χ0v) is 15.0. The molecule has 2 aromatic carbocycles. The summed E-state index contributed by atoms with van der Waals surface area (Å²) in [5.74, 6) is 0.415. The molecular formula is C21H23FN2O2. The standard InChI is InChI=1S/C21H23FN2O2/c1-21(2,18-13-23-19-9-8-15(22)12-17(18)19)14-24-20(25)10-11-26-16-6-4-3-5-7-16/h3-9,12-13,23H,10-11,14H2,1-2H3,(H,24,25). The van der Waals surface area contributed by atoms with Crippen LogP contribution in [0.5, 0.6) is 5.75 Å². The van der Waals surface area contributed by atoms with Gasteiger partial charge in [-0.3, -0.25) is 4.79 Å². The van der Waals surface area contributed by atoms with Gasteiger partial charge in [-0.25, -0.2) is 4.39 Å². The summed E-state index contributed by atoms with van der Waals surface area (Å²) >= 11 is 0. The first-order valence-electron chi connectivity index (χ1n) is 8.67. The van der Waals surface area contributed by atoms with E-state index in [9.17, 15) is 9.18 Å². The number of carbonyl (C=O) groups excluding carboxylic acids is 1. The van der Waals surface area contributed by atoms with Crippen molar-refractivity contribution >= 4 is 16.8 Å². The number of aromatic amines is 1. The van der Waals surface area contributed by atoms with E-state index in [1.165, 1.54) is 12.1 Å². The Morgan fingerprint density at radius 2 is 1.96 bits per heavy atom. The number of halogens is 1. The van der Waals surface area contributed by atoms with E-state index < -0.39 is 0 Å². The molecule has 5 heteroatoms. The van der Waals surface area contributed by atoms with Crippen molar-refractivity contribution in [2.75, 3.05) is 13.2 Å². The molecule has 1 heterocycles. The van der Waals surface area contributed by atoms with Crippen LogP contribution in [0.2, 0.25) is 0 Å². The molecule has 0 aliphatic heterocycles. The van der Waals surface area contributed by atoms with E-state index in [-0.39, 0.29) is 23.6 Å². The Kier molecular flexibility index (Phi) is 5.26. The number of ether oxygens (including phenoxy) is 1. The number of hydrogen-bond acceptors (Lipinski definition) is 2. The van der Waals surface area contributed by atoms with Crippen molar-refractivity contribution in [1.29, 1.82) is 0 Å². The van der Waals surface area contributed by atoms with Crippen molar-refractivity contribution in [2.45, 2.75) is 25.7 Å². The molecule has 0 saturated carbocycles. The molecule has 0 radical (unpaired) electrons. The molecule has 136 valence electrons. The lowest BCUT2D eigenvalue weighted by Gasteiger charge is -2.25. The van der Waals surface area contributed by atoms with Crippen molar-refractivity contribution in [3.05, 3.63) is 66.1 Å². The second-order valence-electron chi connectivity index (χ2n) is 6.96. The van der Waals surface area contributed by atoms with Gasteiger partial charge < -0.3 is 15.0 Å². The van der Waals surface area contributed by atoms with Crippen LogP contribution in [0.4, 0.5) is 4.39 Å². The predicted molar refractivity (Wildman–Crippen MR) is 101 cm³/mol. The molecule has 1 aromatic heterocycles. The normalized spacial score (nSPS) is 11.5. The van der Waals surface area contributed by atoms with E-state index in [2.05, 4.69) is 10.3 Å². The van der Waals surface area contributed by atoms with Gasteiger partial charge in [-0.1, -0.05) is 32.0 Å². The van der Waals surface area contributed by atoms with Crippen LogP contribution in [0, 0.1) is 5.82 Å². The number of carbonyl (C=O) groups is 1. The van der Waals surface area contributed by atoms with E-state index in [1.807, 2.05) is 50.4 Å². The molecular weight excluding hydrogens is 331 g/mol. The van der Waals surface area contributed by atoms with Crippen molar-refractivity contribution in [1.82, 2.24) is 10.3 Å². The molecule has 3 aromatic rings. The van der Waals surface area contributed by atoms with Crippen molar-refractivity contribution < 1.29 is 13.9 Å². The van der Waals surface area contributed by atoms with Gasteiger partial charge in [-0.05, 0) is 35.9 Å². The smallest absolute Gasteiger partial charge is 0.223 e. The average Bonchev–Trinajstić information content (AvgIpc) is 3.05. The van der Waals surface area contributed by atoms with E-state index in [1.54, 1.807) is 6.07 Å². The van der Waals surface area contributed by atoms with E-state index in [4.69, 9.17) is 4.74 Å². The van der Waals surface area contributed by atoms with Gasteiger partial charge in [-0.2, -0.15) is 0 Å². The molecule has 0 atom stereocenters. The van der Waals surface area contributed by atoms with Crippen LogP contribution in [0.15, 0.2) is 54.7 Å². The van der Waals surface area contributed by atoms with Gasteiger partial charge in [0.2, 0.25) is 5.91 Å². The van der Waals surface area contributed by atoms with Gasteiger partial charge in [0, 0.05) is 29.1 Å². The van der Waals surface area contributed by atoms with Crippen molar-refractivity contribution in [3.63, 3.8) is 0 Å². The van der Waals surface area contributed by atoms with E-state index in [0.717, 1.165) is 22.2 Å². The molecule has 0 aliphatic carbocycles. The highest BCUT2D eigenvalue weighted by molar-refractivity contribution is 5.84. The first kappa shape index (κ1) is 18.0. The van der Waals surface area contributed by atoms with Gasteiger partial charge in [-0.15, -0.1) is 0 Å². The largest absolute Gasteiger partial charge is 0.493 e. The maximum atomic E-state index is 13.6. The van der Waals surface area contributed by atoms with Gasteiger partial charge >= 0.3 is 0 Å². The minimum absolute atomic E-state index is 0.0694. The van der Waals surface area contributed by atoms with Crippen molar-refractivity contribution in [3.8, 4) is 5.75 Å². The molecule has 3 rings (SSSR count). The minimum Gasteiger partial charge on any atom is -0.493 e. The molecule has 26 heavy (non-hydrogen) atoms. The maximum Gasteiger partial charge on any atom is 0.223 e. The number of hydrogen-bond donors (Lipinski definition) is 2. The third-order valence-electron chi connectivity index (χ3n) is 4.44. The average molecular weight is 354 g/mol. The van der Waals surface area contributed by atoms with Crippen LogP contribution >= 0.6 is 0 Å². The van der Waals surface area contributed by atoms with Crippen LogP contribution in [0.25, 0.3) is 10.9 Å². The Hall–Kier alpha value is -2.82. The van der Waals surface area contributed by atoms with Gasteiger partial charge in [0.1, 0.15) is 11.6 Å². The Bertz CT molecular complexity index is 887. The molecule has 0 bridgehead atoms. The summed E-state index contributed by atoms with van der Waals surface area (Å²) in [5, 5.41) is 3.79. The van der Waals surface area contributed by atoms with E-state index in [0.29, 0.717) is 13.2 Å². The topological polar surface area (TPSA) is 54.1 Å². The third kappa shape index (κ3) is 4.23. The maximum absolute atomic E-state index is 13.6. The Labute approximate surface area is 152 Å². The molecule has 0 spiro atoms. The highest BCUT2D eigenvalue weighted by atomic mass is 19.1. The minimum atomic E-state index is -0.331. The second kappa shape index (κ2) is 7.60. The zero-order chi connectivity index (χ0) is 18.6. The first-order chi connectivity index (χ1) is 12.5. The summed E-state index contributed by atoms with van der Waals surface area (Å²) in [5.41, 5.74) is 1.53. The number of fused-ring (bicyclic) bond motifs is 1. The number of aromatic nitrogens is 1. The van der Waals surface area contributed by atoms with Gasteiger partial charge in [0.15, 0.2) is 0 Å². The number of benzene rings is 2. The number of para-hydroxylation sites is 1. The Morgan fingerprint density at radius 3 is 2.73 bits per heavy atom. The summed E-state index contributed by atoms with van der Waals surface area (Å²) in [6, 6.07) is 14.1. The lowest BCUT2D eigenvalue weighted by atomic mass is 9.84. The quantitative estimate of drug-likeness (QED) is 0.669. The lowest BCUT2D eigenvalue weighted by molar-refractivity contribution is -0.121. The molecule has 0 unspecified atom stereocenters. The molecule has 0 saturated heterocycles. The summed E-state index contributed by atoms with van der Waals surface area (Å²) in [6.07, 6.45) is 2.17. The summed E-state index contributed by atoms with van der Waals surface area (Å²) < 4.78 is 19.1. The van der Waals surface area contributed by atoms with Crippen LogP contribution in [-0.4, -0.2) is 24.0 Å². The van der Waals surface area contributed by atoms with Crippen LogP contribution in [0.1, 0.15) is 25.8 Å². The zero-order valence-electron chi connectivity index (χ0n) is 15.0. The molecule has 0 fully saturated rings. The Balaban J connectivity index is 1.55. The SMILES string of the molecule is CC(C)(CNC(=O)CCOc1ccccc1)c1c[nH]c2ccc(F)cc12. The first-order valence-corrected chi connectivity index (χ1v) is 8.67. The molecule has 0 aliphatic rings. The fraction of sp³-hybridized carbons (Fsp3) is 0.286. The van der Waals surface area contributed by atoms with Crippen molar-refractivity contribution in [2.24, 2.45) is 0 Å². The predicted octanol–water partition coefficient (Wildman–Crippen LogP) is 4.17. The number of H-pyrrole nitrogens is 1. The number of amides is 1. The van der Waals surface area contributed by atoms with Crippen LogP contribution in [-0.2, 0) is 10.2 Å². The van der Waals surface area contributed by atoms with Gasteiger partial charge in [0.25, 0.3) is 0 Å². The van der Waals surface area contributed by atoms with Crippen LogP contribution < -0.4 is 10.1 Å². The second-order valence-corrected chi connectivity index (χ2v) is 6.96. The summed E-state index contributed by atoms with van der Waals surface area (Å²) in [4.78, 5) is 15.3. The monoisotopic (exact) mass is 354 g/mol. The summed E-state index contributed by atoms with van der Waals surface area (Å²) in [7, 11) is 0. The van der Waals surface area contributed by atoms with Crippen LogP contribution in [0.3, 0.4) is 0 Å². The highest BCUT2D eigenvalue weighted by Gasteiger charge is 2.25. The molecule has 1 amide bonds. The third-order valence-corrected chi connectivity index (χ3v) is 4.44. The molecule has 4 nitrogen and oxygen atoms in total. The number of rotatable bonds is 7. The fourth-order valence-corrected chi connectivity index (χ4v) is 2.93. The highest BCUT2D eigenvalue weighted by Crippen LogP contribution is 2.30. The van der Waals surface area contributed by atoms with E-state index >= 15 is 0 Å².